The summed E-state index contributed by atoms with van der Waals surface area (Å²) in [5.41, 5.74) is -0.0709. The molecule has 19 heavy (non-hydrogen) atoms. The highest BCUT2D eigenvalue weighted by atomic mass is 79.9. The third-order valence-corrected chi connectivity index (χ3v) is 4.58. The number of halogens is 2. The molecule has 0 heterocycles. The highest BCUT2D eigenvalue weighted by molar-refractivity contribution is 9.10. The van der Waals surface area contributed by atoms with Crippen molar-refractivity contribution in [2.24, 2.45) is 5.41 Å². The minimum Gasteiger partial charge on any atom is -0.381 e. The summed E-state index contributed by atoms with van der Waals surface area (Å²) in [5.74, 6) is -0.910. The molecule has 1 fully saturated rings. The van der Waals surface area contributed by atoms with Crippen molar-refractivity contribution in [3.8, 4) is 0 Å². The fourth-order valence-corrected chi connectivity index (χ4v) is 2.81. The van der Waals surface area contributed by atoms with Crippen LogP contribution < -0.4 is 5.32 Å². The molecule has 1 amide bonds. The average Bonchev–Trinajstić information content (AvgIpc) is 2.37. The van der Waals surface area contributed by atoms with E-state index in [1.165, 1.54) is 6.07 Å². The van der Waals surface area contributed by atoms with Crippen LogP contribution in [0.3, 0.4) is 0 Å². The third kappa shape index (κ3) is 2.54. The SMILES string of the molecule is COC1CC(NC(=O)c2cccc(Br)c2F)C1(C)C. The molecule has 1 aliphatic carbocycles. The molecule has 0 aromatic heterocycles. The fraction of sp³-hybridized carbons (Fsp3) is 0.500. The van der Waals surface area contributed by atoms with Crippen molar-refractivity contribution in [1.82, 2.24) is 5.32 Å². The molecule has 0 spiro atoms. The van der Waals surface area contributed by atoms with E-state index in [1.54, 1.807) is 19.2 Å². The first-order chi connectivity index (χ1) is 8.87. The van der Waals surface area contributed by atoms with Gasteiger partial charge in [-0.2, -0.15) is 0 Å². The van der Waals surface area contributed by atoms with Crippen LogP contribution in [0.4, 0.5) is 4.39 Å². The second kappa shape index (κ2) is 5.21. The van der Waals surface area contributed by atoms with Crippen LogP contribution in [0.25, 0.3) is 0 Å². The van der Waals surface area contributed by atoms with Crippen molar-refractivity contribution >= 4 is 21.8 Å². The van der Waals surface area contributed by atoms with Crippen molar-refractivity contribution in [3.05, 3.63) is 34.1 Å². The standard InChI is InChI=1S/C14H17BrFNO2/c1-14(2)10(7-11(14)19-3)17-13(18)8-5-4-6-9(15)12(8)16/h4-6,10-11H,7H2,1-3H3,(H,17,18). The van der Waals surface area contributed by atoms with E-state index >= 15 is 0 Å². The molecule has 0 bridgehead atoms. The molecule has 104 valence electrons. The number of benzene rings is 1. The molecule has 1 aromatic carbocycles. The lowest BCUT2D eigenvalue weighted by Gasteiger charge is -2.51. The first kappa shape index (κ1) is 14.5. The molecular weight excluding hydrogens is 313 g/mol. The molecule has 2 unspecified atom stereocenters. The molecule has 2 rings (SSSR count). The highest BCUT2D eigenvalue weighted by Crippen LogP contribution is 2.42. The molecule has 5 heteroatoms. The Morgan fingerprint density at radius 3 is 2.79 bits per heavy atom. The van der Waals surface area contributed by atoms with Crippen LogP contribution in [0.1, 0.15) is 30.6 Å². The van der Waals surface area contributed by atoms with E-state index in [1.807, 2.05) is 13.8 Å². The molecule has 1 aromatic rings. The van der Waals surface area contributed by atoms with Crippen LogP contribution in [0, 0.1) is 11.2 Å². The summed E-state index contributed by atoms with van der Waals surface area (Å²) in [7, 11) is 1.67. The van der Waals surface area contributed by atoms with Gasteiger partial charge in [0.1, 0.15) is 5.82 Å². The Morgan fingerprint density at radius 1 is 1.53 bits per heavy atom. The summed E-state index contributed by atoms with van der Waals surface area (Å²) in [6.45, 7) is 4.07. The minimum atomic E-state index is -0.527. The first-order valence-electron chi connectivity index (χ1n) is 6.15. The number of amides is 1. The molecule has 1 aliphatic rings. The van der Waals surface area contributed by atoms with Gasteiger partial charge < -0.3 is 10.1 Å². The number of nitrogens with one attached hydrogen (secondary N) is 1. The van der Waals surface area contributed by atoms with E-state index in [2.05, 4.69) is 21.2 Å². The Labute approximate surface area is 120 Å². The van der Waals surface area contributed by atoms with Crippen LogP contribution in [-0.4, -0.2) is 25.2 Å². The first-order valence-corrected chi connectivity index (χ1v) is 6.95. The maximum Gasteiger partial charge on any atom is 0.254 e. The van der Waals surface area contributed by atoms with Crippen molar-refractivity contribution < 1.29 is 13.9 Å². The Bertz CT molecular complexity index is 504. The summed E-state index contributed by atoms with van der Waals surface area (Å²) in [4.78, 5) is 12.1. The number of carbonyl (C=O) groups is 1. The van der Waals surface area contributed by atoms with Crippen LogP contribution in [0.2, 0.25) is 0 Å². The summed E-state index contributed by atoms with van der Waals surface area (Å²) in [5, 5.41) is 2.88. The van der Waals surface area contributed by atoms with Gasteiger partial charge in [0.15, 0.2) is 0 Å². The average molecular weight is 330 g/mol. The van der Waals surface area contributed by atoms with Gasteiger partial charge in [0.05, 0.1) is 16.1 Å². The van der Waals surface area contributed by atoms with Gasteiger partial charge in [-0.15, -0.1) is 0 Å². The van der Waals surface area contributed by atoms with Gasteiger partial charge in [0, 0.05) is 18.6 Å². The minimum absolute atomic E-state index is 0.00308. The summed E-state index contributed by atoms with van der Waals surface area (Å²) < 4.78 is 19.5. The van der Waals surface area contributed by atoms with Gasteiger partial charge in [-0.3, -0.25) is 4.79 Å². The number of carbonyl (C=O) groups excluding carboxylic acids is 1. The lowest BCUT2D eigenvalue weighted by molar-refractivity contribution is -0.0942. The number of hydrogen-bond acceptors (Lipinski definition) is 2. The van der Waals surface area contributed by atoms with E-state index in [9.17, 15) is 9.18 Å². The van der Waals surface area contributed by atoms with E-state index in [-0.39, 0.29) is 29.0 Å². The predicted molar refractivity (Wildman–Crippen MR) is 74.5 cm³/mol. The number of methoxy groups -OCH3 is 1. The van der Waals surface area contributed by atoms with Crippen molar-refractivity contribution in [1.29, 1.82) is 0 Å². The summed E-state index contributed by atoms with van der Waals surface area (Å²) in [6, 6.07) is 4.70. The maximum atomic E-state index is 13.8. The Balaban J connectivity index is 2.09. The van der Waals surface area contributed by atoms with Crippen LogP contribution in [0.15, 0.2) is 22.7 Å². The normalized spacial score (nSPS) is 24.7. The smallest absolute Gasteiger partial charge is 0.254 e. The summed E-state index contributed by atoms with van der Waals surface area (Å²) >= 11 is 3.08. The predicted octanol–water partition coefficient (Wildman–Crippen LogP) is 3.13. The third-order valence-electron chi connectivity index (χ3n) is 3.96. The quantitative estimate of drug-likeness (QED) is 0.925. The van der Waals surface area contributed by atoms with Crippen molar-refractivity contribution in [3.63, 3.8) is 0 Å². The van der Waals surface area contributed by atoms with Crippen LogP contribution in [-0.2, 0) is 4.74 Å². The largest absolute Gasteiger partial charge is 0.381 e. The summed E-state index contributed by atoms with van der Waals surface area (Å²) in [6.07, 6.45) is 0.885. The van der Waals surface area contributed by atoms with E-state index in [0.29, 0.717) is 4.47 Å². The topological polar surface area (TPSA) is 38.3 Å². The van der Waals surface area contributed by atoms with Crippen molar-refractivity contribution in [2.45, 2.75) is 32.4 Å². The Morgan fingerprint density at radius 2 is 2.21 bits per heavy atom. The monoisotopic (exact) mass is 329 g/mol. The Hall–Kier alpha value is -0.940. The molecule has 3 nitrogen and oxygen atoms in total. The van der Waals surface area contributed by atoms with E-state index in [0.717, 1.165) is 6.42 Å². The molecule has 1 N–H and O–H groups in total. The van der Waals surface area contributed by atoms with Gasteiger partial charge in [0.2, 0.25) is 0 Å². The lowest BCUT2D eigenvalue weighted by Crippen LogP contribution is -2.61. The van der Waals surface area contributed by atoms with Gasteiger partial charge in [-0.25, -0.2) is 4.39 Å². The van der Waals surface area contributed by atoms with Crippen molar-refractivity contribution in [2.75, 3.05) is 7.11 Å². The van der Waals surface area contributed by atoms with Crippen LogP contribution in [0.5, 0.6) is 0 Å². The Kier molecular flexibility index (Phi) is 3.97. The zero-order valence-electron chi connectivity index (χ0n) is 11.2. The zero-order valence-corrected chi connectivity index (χ0v) is 12.8. The second-order valence-corrected chi connectivity index (χ2v) is 6.26. The molecule has 1 saturated carbocycles. The van der Waals surface area contributed by atoms with Gasteiger partial charge in [0.25, 0.3) is 5.91 Å². The highest BCUT2D eigenvalue weighted by Gasteiger charge is 2.49. The number of rotatable bonds is 3. The maximum absolute atomic E-state index is 13.8. The lowest BCUT2D eigenvalue weighted by atomic mass is 9.64. The molecule has 2 atom stereocenters. The number of ether oxygens (including phenoxy) is 1. The van der Waals surface area contributed by atoms with Gasteiger partial charge in [-0.05, 0) is 34.5 Å². The molecular formula is C14H17BrFNO2. The molecule has 0 saturated heterocycles. The van der Waals surface area contributed by atoms with Crippen LogP contribution >= 0.6 is 15.9 Å². The fourth-order valence-electron chi connectivity index (χ4n) is 2.45. The zero-order chi connectivity index (χ0) is 14.2. The second-order valence-electron chi connectivity index (χ2n) is 5.41. The van der Waals surface area contributed by atoms with E-state index < -0.39 is 5.82 Å². The van der Waals surface area contributed by atoms with Gasteiger partial charge in [-0.1, -0.05) is 19.9 Å². The molecule has 0 radical (unpaired) electrons. The van der Waals surface area contributed by atoms with E-state index in [4.69, 9.17) is 4.74 Å². The van der Waals surface area contributed by atoms with Gasteiger partial charge >= 0.3 is 0 Å². The molecule has 0 aliphatic heterocycles. The number of hydrogen-bond donors (Lipinski definition) is 1.